The maximum Gasteiger partial charge on any atom is 0.253 e. The highest BCUT2D eigenvalue weighted by atomic mass is 19.1. The van der Waals surface area contributed by atoms with Gasteiger partial charge in [-0.2, -0.15) is 0 Å². The summed E-state index contributed by atoms with van der Waals surface area (Å²) in [7, 11) is 0. The Morgan fingerprint density at radius 3 is 2.19 bits per heavy atom. The molecular formula is C21H33FN4O. The van der Waals surface area contributed by atoms with Crippen LogP contribution in [0.2, 0.25) is 0 Å². The van der Waals surface area contributed by atoms with Crippen LogP contribution in [0.25, 0.3) is 0 Å². The van der Waals surface area contributed by atoms with Gasteiger partial charge in [-0.25, -0.2) is 4.39 Å². The first-order chi connectivity index (χ1) is 13.2. The van der Waals surface area contributed by atoms with Crippen LogP contribution in [0.3, 0.4) is 0 Å². The summed E-state index contributed by atoms with van der Waals surface area (Å²) in [5, 5.41) is 9.71. The standard InChI is InChI=1S/C21H33FN4O/c22-18-13-17(21(27)24-12-6-11-23)19(25-15-9-4-5-10-15)14-20(18)26-16-7-2-1-3-8-16/h13-16,25-26H,1-12,23H2,(H,24,27). The fourth-order valence-electron chi connectivity index (χ4n) is 4.15. The summed E-state index contributed by atoms with van der Waals surface area (Å²) in [5.74, 6) is -0.603. The quantitative estimate of drug-likeness (QED) is 0.517. The van der Waals surface area contributed by atoms with Gasteiger partial charge in [0.05, 0.1) is 11.3 Å². The highest BCUT2D eigenvalue weighted by molar-refractivity contribution is 6.00. The van der Waals surface area contributed by atoms with Crippen LogP contribution >= 0.6 is 0 Å². The monoisotopic (exact) mass is 376 g/mol. The number of amides is 1. The molecule has 0 heterocycles. The number of hydrogen-bond acceptors (Lipinski definition) is 4. The van der Waals surface area contributed by atoms with Gasteiger partial charge < -0.3 is 21.7 Å². The Morgan fingerprint density at radius 1 is 0.963 bits per heavy atom. The number of nitrogens with two attached hydrogens (primary N) is 1. The van der Waals surface area contributed by atoms with E-state index in [2.05, 4.69) is 16.0 Å². The molecule has 0 aliphatic heterocycles. The number of hydrogen-bond donors (Lipinski definition) is 4. The van der Waals surface area contributed by atoms with Gasteiger partial charge in [-0.05, 0) is 50.8 Å². The highest BCUT2D eigenvalue weighted by Crippen LogP contribution is 2.30. The van der Waals surface area contributed by atoms with Crippen molar-refractivity contribution in [2.24, 2.45) is 5.73 Å². The molecule has 0 radical (unpaired) electrons. The molecule has 2 saturated carbocycles. The molecule has 1 aromatic rings. The number of carbonyl (C=O) groups is 1. The topological polar surface area (TPSA) is 79.2 Å². The van der Waals surface area contributed by atoms with Crippen LogP contribution in [0.1, 0.15) is 74.6 Å². The van der Waals surface area contributed by atoms with E-state index < -0.39 is 0 Å². The summed E-state index contributed by atoms with van der Waals surface area (Å²) in [6.07, 6.45) is 11.1. The number of anilines is 2. The molecule has 27 heavy (non-hydrogen) atoms. The minimum absolute atomic E-state index is 0.243. The molecule has 3 rings (SSSR count). The van der Waals surface area contributed by atoms with Crippen molar-refractivity contribution in [3.8, 4) is 0 Å². The number of halogens is 1. The van der Waals surface area contributed by atoms with Crippen molar-refractivity contribution in [2.45, 2.75) is 76.3 Å². The molecule has 2 aliphatic carbocycles. The molecule has 5 nitrogen and oxygen atoms in total. The maximum atomic E-state index is 14.8. The molecule has 1 amide bonds. The summed E-state index contributed by atoms with van der Waals surface area (Å²) < 4.78 is 14.8. The molecule has 0 atom stereocenters. The van der Waals surface area contributed by atoms with E-state index in [4.69, 9.17) is 5.73 Å². The summed E-state index contributed by atoms with van der Waals surface area (Å²) >= 11 is 0. The molecule has 6 heteroatoms. The van der Waals surface area contributed by atoms with Crippen molar-refractivity contribution >= 4 is 17.3 Å². The molecular weight excluding hydrogens is 343 g/mol. The lowest BCUT2D eigenvalue weighted by Crippen LogP contribution is -2.28. The van der Waals surface area contributed by atoms with E-state index in [1.807, 2.05) is 0 Å². The fourth-order valence-corrected chi connectivity index (χ4v) is 4.15. The summed E-state index contributed by atoms with van der Waals surface area (Å²) in [4.78, 5) is 12.6. The van der Waals surface area contributed by atoms with E-state index in [0.29, 0.717) is 42.8 Å². The van der Waals surface area contributed by atoms with E-state index >= 15 is 0 Å². The Morgan fingerprint density at radius 2 is 1.56 bits per heavy atom. The largest absolute Gasteiger partial charge is 0.382 e. The average Bonchev–Trinajstić information content (AvgIpc) is 3.18. The van der Waals surface area contributed by atoms with E-state index in [0.717, 1.165) is 31.4 Å². The van der Waals surface area contributed by atoms with Gasteiger partial charge >= 0.3 is 0 Å². The zero-order chi connectivity index (χ0) is 19.1. The SMILES string of the molecule is NCCCNC(=O)c1cc(F)c(NC2CCCCC2)cc1NC1CCCC1. The Balaban J connectivity index is 1.79. The zero-order valence-electron chi connectivity index (χ0n) is 16.2. The van der Waals surface area contributed by atoms with Crippen LogP contribution in [-0.2, 0) is 0 Å². The third-order valence-electron chi connectivity index (χ3n) is 5.70. The van der Waals surface area contributed by atoms with E-state index in [1.54, 1.807) is 6.07 Å². The molecule has 2 aliphatic rings. The van der Waals surface area contributed by atoms with Crippen LogP contribution < -0.4 is 21.7 Å². The lowest BCUT2D eigenvalue weighted by Gasteiger charge is -2.25. The Kier molecular flexibility index (Phi) is 7.33. The smallest absolute Gasteiger partial charge is 0.253 e. The molecule has 150 valence electrons. The van der Waals surface area contributed by atoms with Gasteiger partial charge in [0.15, 0.2) is 0 Å². The molecule has 0 aromatic heterocycles. The molecule has 1 aromatic carbocycles. The van der Waals surface area contributed by atoms with Gasteiger partial charge in [0, 0.05) is 24.3 Å². The molecule has 0 unspecified atom stereocenters. The Labute approximate surface area is 161 Å². The second-order valence-electron chi connectivity index (χ2n) is 7.88. The van der Waals surface area contributed by atoms with Gasteiger partial charge in [0.2, 0.25) is 0 Å². The van der Waals surface area contributed by atoms with Crippen LogP contribution in [0, 0.1) is 5.82 Å². The molecule has 5 N–H and O–H groups in total. The Bertz CT molecular complexity index is 625. The van der Waals surface area contributed by atoms with Crippen molar-refractivity contribution in [3.63, 3.8) is 0 Å². The van der Waals surface area contributed by atoms with Gasteiger partial charge in [-0.1, -0.05) is 32.1 Å². The first-order valence-electron chi connectivity index (χ1n) is 10.5. The average molecular weight is 377 g/mol. The highest BCUT2D eigenvalue weighted by Gasteiger charge is 2.22. The van der Waals surface area contributed by atoms with Crippen LogP contribution in [0.15, 0.2) is 12.1 Å². The number of nitrogens with one attached hydrogen (secondary N) is 3. The summed E-state index contributed by atoms with van der Waals surface area (Å²) in [6.45, 7) is 1.02. The lowest BCUT2D eigenvalue weighted by molar-refractivity contribution is 0.0954. The molecule has 2 fully saturated rings. The fraction of sp³-hybridized carbons (Fsp3) is 0.667. The zero-order valence-corrected chi connectivity index (χ0v) is 16.2. The number of carbonyl (C=O) groups excluding carboxylic acids is 1. The first kappa shape index (κ1) is 19.9. The Hall–Kier alpha value is -1.82. The van der Waals surface area contributed by atoms with Crippen LogP contribution in [0.5, 0.6) is 0 Å². The van der Waals surface area contributed by atoms with Crippen molar-refractivity contribution < 1.29 is 9.18 Å². The minimum Gasteiger partial charge on any atom is -0.382 e. The summed E-state index contributed by atoms with van der Waals surface area (Å²) in [5.41, 5.74) is 7.10. The van der Waals surface area contributed by atoms with Gasteiger partial charge in [0.1, 0.15) is 5.82 Å². The van der Waals surface area contributed by atoms with Crippen molar-refractivity contribution in [1.29, 1.82) is 0 Å². The van der Waals surface area contributed by atoms with E-state index in [1.165, 1.54) is 38.2 Å². The predicted molar refractivity (Wildman–Crippen MR) is 109 cm³/mol. The maximum absolute atomic E-state index is 14.8. The van der Waals surface area contributed by atoms with Crippen molar-refractivity contribution in [2.75, 3.05) is 23.7 Å². The van der Waals surface area contributed by atoms with Crippen molar-refractivity contribution in [1.82, 2.24) is 5.32 Å². The van der Waals surface area contributed by atoms with E-state index in [-0.39, 0.29) is 11.7 Å². The minimum atomic E-state index is -0.360. The first-order valence-corrected chi connectivity index (χ1v) is 10.5. The molecule has 0 spiro atoms. The molecule has 0 bridgehead atoms. The van der Waals surface area contributed by atoms with Crippen molar-refractivity contribution in [3.05, 3.63) is 23.5 Å². The van der Waals surface area contributed by atoms with Gasteiger partial charge in [0.25, 0.3) is 5.91 Å². The van der Waals surface area contributed by atoms with E-state index in [9.17, 15) is 9.18 Å². The third-order valence-corrected chi connectivity index (χ3v) is 5.70. The third kappa shape index (κ3) is 5.58. The number of benzene rings is 1. The second kappa shape index (κ2) is 9.93. The molecule has 0 saturated heterocycles. The van der Waals surface area contributed by atoms with Gasteiger partial charge in [-0.3, -0.25) is 4.79 Å². The number of rotatable bonds is 8. The van der Waals surface area contributed by atoms with Gasteiger partial charge in [-0.15, -0.1) is 0 Å². The predicted octanol–water partition coefficient (Wildman–Crippen LogP) is 4.00. The van der Waals surface area contributed by atoms with Crippen LogP contribution in [-0.4, -0.2) is 31.1 Å². The van der Waals surface area contributed by atoms with Crippen LogP contribution in [0.4, 0.5) is 15.8 Å². The summed E-state index contributed by atoms with van der Waals surface area (Å²) in [6, 6.07) is 3.84. The lowest BCUT2D eigenvalue weighted by atomic mass is 9.95. The normalized spacial score (nSPS) is 18.4. The second-order valence-corrected chi connectivity index (χ2v) is 7.88.